The predicted octanol–water partition coefficient (Wildman–Crippen LogP) is 1.33. The lowest BCUT2D eigenvalue weighted by molar-refractivity contribution is 0.140. The average molecular weight is 251 g/mol. The minimum Gasteiger partial charge on any atom is -0.384 e. The number of rotatable bonds is 3. The average Bonchev–Trinajstić information content (AvgIpc) is 2.57. The van der Waals surface area contributed by atoms with Crippen molar-refractivity contribution >= 4 is 5.84 Å². The zero-order valence-electron chi connectivity index (χ0n) is 10.3. The number of hydrogen-bond donors (Lipinski definition) is 2. The molecule has 0 unspecified atom stereocenters. The van der Waals surface area contributed by atoms with Gasteiger partial charge in [-0.05, 0) is 30.2 Å². The second kappa shape index (κ2) is 5.93. The molecule has 98 valence electrons. The van der Waals surface area contributed by atoms with E-state index in [0.29, 0.717) is 12.1 Å². The summed E-state index contributed by atoms with van der Waals surface area (Å²) in [7, 11) is 0. The Morgan fingerprint density at radius 1 is 1.33 bits per heavy atom. The second-order valence-corrected chi connectivity index (χ2v) is 4.50. The van der Waals surface area contributed by atoms with Gasteiger partial charge in [-0.1, -0.05) is 0 Å². The lowest BCUT2D eigenvalue weighted by Crippen LogP contribution is -2.26. The summed E-state index contributed by atoms with van der Waals surface area (Å²) in [6.07, 6.45) is 0.995. The number of nitrogens with one attached hydrogen (secondary N) is 1. The largest absolute Gasteiger partial charge is 0.384 e. The standard InChI is InChI=1S/C13H18FN3O/c14-12-7-10(6-11(8-12)13(15)16)9-17-2-1-4-18-5-3-17/h6-8H,1-5,9H2,(H3,15,16). The van der Waals surface area contributed by atoms with Crippen molar-refractivity contribution < 1.29 is 9.13 Å². The maximum absolute atomic E-state index is 13.4. The first-order valence-electron chi connectivity index (χ1n) is 6.09. The zero-order chi connectivity index (χ0) is 13.0. The van der Waals surface area contributed by atoms with Crippen LogP contribution in [-0.4, -0.2) is 37.0 Å². The van der Waals surface area contributed by atoms with Crippen molar-refractivity contribution in [1.29, 1.82) is 5.41 Å². The molecule has 1 heterocycles. The second-order valence-electron chi connectivity index (χ2n) is 4.50. The monoisotopic (exact) mass is 251 g/mol. The first-order chi connectivity index (χ1) is 8.65. The summed E-state index contributed by atoms with van der Waals surface area (Å²) in [5.41, 5.74) is 6.68. The van der Waals surface area contributed by atoms with Crippen molar-refractivity contribution in [2.45, 2.75) is 13.0 Å². The van der Waals surface area contributed by atoms with Gasteiger partial charge in [-0.15, -0.1) is 0 Å². The third-order valence-electron chi connectivity index (χ3n) is 2.99. The number of halogens is 1. The molecule has 1 aromatic carbocycles. The normalized spacial score (nSPS) is 17.4. The molecular weight excluding hydrogens is 233 g/mol. The molecule has 5 heteroatoms. The Hall–Kier alpha value is -1.46. The summed E-state index contributed by atoms with van der Waals surface area (Å²) >= 11 is 0. The molecule has 0 amide bonds. The van der Waals surface area contributed by atoms with Gasteiger partial charge in [0.15, 0.2) is 0 Å². The highest BCUT2D eigenvalue weighted by Crippen LogP contribution is 2.12. The predicted molar refractivity (Wildman–Crippen MR) is 68.1 cm³/mol. The third-order valence-corrected chi connectivity index (χ3v) is 2.99. The van der Waals surface area contributed by atoms with Gasteiger partial charge in [-0.25, -0.2) is 4.39 Å². The Bertz CT molecular complexity index is 428. The van der Waals surface area contributed by atoms with Crippen LogP contribution in [0.2, 0.25) is 0 Å². The summed E-state index contributed by atoms with van der Waals surface area (Å²) in [5.74, 6) is -0.446. The van der Waals surface area contributed by atoms with E-state index in [0.717, 1.165) is 38.3 Å². The Morgan fingerprint density at radius 3 is 2.94 bits per heavy atom. The van der Waals surface area contributed by atoms with Gasteiger partial charge in [0, 0.05) is 31.8 Å². The summed E-state index contributed by atoms with van der Waals surface area (Å²) in [6, 6.07) is 4.56. The lowest BCUT2D eigenvalue weighted by Gasteiger charge is -2.19. The molecule has 0 bridgehead atoms. The van der Waals surface area contributed by atoms with Gasteiger partial charge in [0.1, 0.15) is 11.7 Å². The Morgan fingerprint density at radius 2 is 2.17 bits per heavy atom. The highest BCUT2D eigenvalue weighted by Gasteiger charge is 2.11. The highest BCUT2D eigenvalue weighted by atomic mass is 19.1. The fraction of sp³-hybridized carbons (Fsp3) is 0.462. The number of nitrogens with two attached hydrogens (primary N) is 1. The van der Waals surface area contributed by atoms with Crippen LogP contribution >= 0.6 is 0 Å². The molecule has 1 aliphatic rings. The Balaban J connectivity index is 2.10. The molecule has 0 saturated carbocycles. The lowest BCUT2D eigenvalue weighted by atomic mass is 10.1. The number of nitrogen functional groups attached to an aromatic ring is 1. The third kappa shape index (κ3) is 3.51. The number of benzene rings is 1. The molecular formula is C13H18FN3O. The van der Waals surface area contributed by atoms with Crippen LogP contribution < -0.4 is 5.73 Å². The number of hydrogen-bond acceptors (Lipinski definition) is 3. The van der Waals surface area contributed by atoms with Crippen LogP contribution in [0.4, 0.5) is 4.39 Å². The molecule has 1 aliphatic heterocycles. The molecule has 18 heavy (non-hydrogen) atoms. The van der Waals surface area contributed by atoms with Crippen LogP contribution in [0.3, 0.4) is 0 Å². The van der Waals surface area contributed by atoms with E-state index >= 15 is 0 Å². The van der Waals surface area contributed by atoms with Gasteiger partial charge in [0.25, 0.3) is 0 Å². The maximum atomic E-state index is 13.4. The van der Waals surface area contributed by atoms with Crippen molar-refractivity contribution in [3.05, 3.63) is 35.1 Å². The van der Waals surface area contributed by atoms with Crippen LogP contribution in [-0.2, 0) is 11.3 Å². The minimum absolute atomic E-state index is 0.102. The van der Waals surface area contributed by atoms with Crippen molar-refractivity contribution in [3.8, 4) is 0 Å². The highest BCUT2D eigenvalue weighted by molar-refractivity contribution is 5.95. The van der Waals surface area contributed by atoms with Crippen LogP contribution in [0, 0.1) is 11.2 Å². The topological polar surface area (TPSA) is 62.3 Å². The van der Waals surface area contributed by atoms with E-state index in [-0.39, 0.29) is 11.7 Å². The van der Waals surface area contributed by atoms with Crippen LogP contribution in [0.25, 0.3) is 0 Å². The molecule has 1 saturated heterocycles. The van der Waals surface area contributed by atoms with Gasteiger partial charge >= 0.3 is 0 Å². The molecule has 1 fully saturated rings. The molecule has 1 aromatic rings. The first-order valence-corrected chi connectivity index (χ1v) is 6.09. The van der Waals surface area contributed by atoms with E-state index in [1.165, 1.54) is 12.1 Å². The minimum atomic E-state index is -0.344. The first kappa shape index (κ1) is 13.0. The summed E-state index contributed by atoms with van der Waals surface area (Å²) in [6.45, 7) is 3.98. The van der Waals surface area contributed by atoms with Crippen LogP contribution in [0.1, 0.15) is 17.5 Å². The van der Waals surface area contributed by atoms with E-state index in [2.05, 4.69) is 4.90 Å². The van der Waals surface area contributed by atoms with E-state index in [4.69, 9.17) is 15.9 Å². The summed E-state index contributed by atoms with van der Waals surface area (Å²) in [4.78, 5) is 2.23. The van der Waals surface area contributed by atoms with Gasteiger partial charge in [0.05, 0.1) is 6.61 Å². The SMILES string of the molecule is N=C(N)c1cc(F)cc(CN2CCCOCC2)c1. The van der Waals surface area contributed by atoms with E-state index < -0.39 is 0 Å². The van der Waals surface area contributed by atoms with E-state index in [1.54, 1.807) is 6.07 Å². The summed E-state index contributed by atoms with van der Waals surface area (Å²) in [5, 5.41) is 7.36. The van der Waals surface area contributed by atoms with Crippen molar-refractivity contribution in [2.75, 3.05) is 26.3 Å². The molecule has 0 aromatic heterocycles. The number of ether oxygens (including phenoxy) is 1. The molecule has 0 spiro atoms. The van der Waals surface area contributed by atoms with Crippen molar-refractivity contribution in [2.24, 2.45) is 5.73 Å². The van der Waals surface area contributed by atoms with Crippen LogP contribution in [0.5, 0.6) is 0 Å². The van der Waals surface area contributed by atoms with E-state index in [1.807, 2.05) is 0 Å². The molecule has 4 nitrogen and oxygen atoms in total. The molecule has 0 atom stereocenters. The number of amidine groups is 1. The Kier molecular flexibility index (Phi) is 4.28. The molecule has 0 aliphatic carbocycles. The fourth-order valence-corrected chi connectivity index (χ4v) is 2.11. The van der Waals surface area contributed by atoms with Gasteiger partial charge in [-0.3, -0.25) is 10.3 Å². The molecule has 0 radical (unpaired) electrons. The Labute approximate surface area is 106 Å². The van der Waals surface area contributed by atoms with E-state index in [9.17, 15) is 4.39 Å². The van der Waals surface area contributed by atoms with Gasteiger partial charge in [0.2, 0.25) is 0 Å². The van der Waals surface area contributed by atoms with Gasteiger partial charge < -0.3 is 10.5 Å². The number of nitrogens with zero attached hydrogens (tertiary/aromatic N) is 1. The smallest absolute Gasteiger partial charge is 0.124 e. The zero-order valence-corrected chi connectivity index (χ0v) is 10.3. The van der Waals surface area contributed by atoms with Crippen molar-refractivity contribution in [1.82, 2.24) is 4.90 Å². The molecule has 3 N–H and O–H groups in total. The quantitative estimate of drug-likeness (QED) is 0.629. The summed E-state index contributed by atoms with van der Waals surface area (Å²) < 4.78 is 18.8. The van der Waals surface area contributed by atoms with Crippen LogP contribution in [0.15, 0.2) is 18.2 Å². The molecule has 2 rings (SSSR count). The maximum Gasteiger partial charge on any atom is 0.124 e. The van der Waals surface area contributed by atoms with Gasteiger partial charge in [-0.2, -0.15) is 0 Å². The van der Waals surface area contributed by atoms with Crippen molar-refractivity contribution in [3.63, 3.8) is 0 Å². The fourth-order valence-electron chi connectivity index (χ4n) is 2.11.